The minimum Gasteiger partial charge on any atom is -0.493 e. The van der Waals surface area contributed by atoms with Crippen molar-refractivity contribution in [3.8, 4) is 11.5 Å². The second kappa shape index (κ2) is 6.95. The van der Waals surface area contributed by atoms with Gasteiger partial charge in [0.15, 0.2) is 17.3 Å². The number of aromatic nitrogens is 2. The number of hydrogen-bond acceptors (Lipinski definition) is 7. The lowest BCUT2D eigenvalue weighted by atomic mass is 10.3. The molecule has 0 saturated carbocycles. The third-order valence-corrected chi connectivity index (χ3v) is 3.27. The fraction of sp³-hybridized carbons (Fsp3) is 0.333. The van der Waals surface area contributed by atoms with E-state index in [1.807, 2.05) is 24.3 Å². The zero-order chi connectivity index (χ0) is 15.2. The molecule has 1 aliphatic rings. The number of para-hydroxylation sites is 2. The molecule has 0 atom stereocenters. The molecule has 3 rings (SSSR count). The van der Waals surface area contributed by atoms with Gasteiger partial charge in [0.2, 0.25) is 5.95 Å². The number of ether oxygens (including phenoxy) is 2. The van der Waals surface area contributed by atoms with E-state index in [1.54, 1.807) is 19.4 Å². The lowest BCUT2D eigenvalue weighted by Gasteiger charge is -2.26. The highest BCUT2D eigenvalue weighted by atomic mass is 16.7. The molecule has 1 aliphatic heterocycles. The maximum Gasteiger partial charge on any atom is 0.227 e. The molecule has 1 aromatic carbocycles. The summed E-state index contributed by atoms with van der Waals surface area (Å²) >= 11 is 0. The van der Waals surface area contributed by atoms with E-state index in [9.17, 15) is 0 Å². The fourth-order valence-electron chi connectivity index (χ4n) is 2.13. The molecule has 22 heavy (non-hydrogen) atoms. The maximum atomic E-state index is 5.55. The molecular formula is C15H18N4O3. The van der Waals surface area contributed by atoms with Gasteiger partial charge in [-0.2, -0.15) is 4.98 Å². The van der Waals surface area contributed by atoms with Crippen molar-refractivity contribution in [3.63, 3.8) is 0 Å². The number of rotatable bonds is 5. The van der Waals surface area contributed by atoms with E-state index >= 15 is 0 Å². The van der Waals surface area contributed by atoms with Crippen LogP contribution in [0, 0.1) is 0 Å². The van der Waals surface area contributed by atoms with Gasteiger partial charge in [0, 0.05) is 25.4 Å². The van der Waals surface area contributed by atoms with Gasteiger partial charge in [-0.25, -0.2) is 10.5 Å². The Morgan fingerprint density at radius 1 is 1.14 bits per heavy atom. The van der Waals surface area contributed by atoms with E-state index in [2.05, 4.69) is 20.3 Å². The number of morpholine rings is 1. The Labute approximate surface area is 128 Å². The van der Waals surface area contributed by atoms with Gasteiger partial charge in [-0.15, -0.1) is 0 Å². The monoisotopic (exact) mass is 302 g/mol. The summed E-state index contributed by atoms with van der Waals surface area (Å²) in [5.74, 6) is 2.49. The minimum atomic E-state index is 0.586. The Bertz CT molecular complexity index is 617. The van der Waals surface area contributed by atoms with E-state index in [0.29, 0.717) is 36.5 Å². The largest absolute Gasteiger partial charge is 0.493 e. The minimum absolute atomic E-state index is 0.586. The summed E-state index contributed by atoms with van der Waals surface area (Å²) in [7, 11) is 1.60. The number of anilines is 2. The molecule has 2 aromatic rings. The van der Waals surface area contributed by atoms with Crippen molar-refractivity contribution in [2.45, 2.75) is 0 Å². The van der Waals surface area contributed by atoms with Crippen LogP contribution >= 0.6 is 0 Å². The Morgan fingerprint density at radius 2 is 1.91 bits per heavy atom. The van der Waals surface area contributed by atoms with Crippen LogP contribution in [0.4, 0.5) is 11.8 Å². The first-order valence-electron chi connectivity index (χ1n) is 7.08. The highest BCUT2D eigenvalue weighted by Gasteiger charge is 2.14. The molecule has 0 spiro atoms. The highest BCUT2D eigenvalue weighted by Crippen LogP contribution is 2.26. The third kappa shape index (κ3) is 3.37. The SMILES string of the molecule is COc1ccccc1ONc1ccnc(N2CCOCC2)n1. The molecule has 7 nitrogen and oxygen atoms in total. The average molecular weight is 302 g/mol. The van der Waals surface area contributed by atoms with E-state index in [1.165, 1.54) is 0 Å². The molecule has 0 unspecified atom stereocenters. The predicted octanol–water partition coefficient (Wildman–Crippen LogP) is 1.73. The standard InChI is InChI=1S/C15H18N4O3/c1-20-12-4-2-3-5-13(12)22-18-14-6-7-16-15(17-14)19-8-10-21-11-9-19/h2-7H,8-11H2,1H3,(H,16,17,18). The molecule has 2 heterocycles. The van der Waals surface area contributed by atoms with E-state index in [-0.39, 0.29) is 0 Å². The second-order valence-corrected chi connectivity index (χ2v) is 4.70. The van der Waals surface area contributed by atoms with Crippen molar-refractivity contribution in [1.29, 1.82) is 0 Å². The Hall–Kier alpha value is -2.54. The zero-order valence-corrected chi connectivity index (χ0v) is 12.4. The van der Waals surface area contributed by atoms with Crippen LogP contribution < -0.4 is 20.0 Å². The lowest BCUT2D eigenvalue weighted by molar-refractivity contribution is 0.122. The summed E-state index contributed by atoms with van der Waals surface area (Å²) in [5.41, 5.74) is 2.83. The van der Waals surface area contributed by atoms with Crippen LogP contribution in [-0.4, -0.2) is 43.4 Å². The second-order valence-electron chi connectivity index (χ2n) is 4.70. The molecule has 1 saturated heterocycles. The summed E-state index contributed by atoms with van der Waals surface area (Å²) in [4.78, 5) is 16.4. The van der Waals surface area contributed by atoms with Crippen molar-refractivity contribution >= 4 is 11.8 Å². The van der Waals surface area contributed by atoms with Gasteiger partial charge in [0.05, 0.1) is 20.3 Å². The van der Waals surface area contributed by atoms with Gasteiger partial charge in [-0.3, -0.25) is 0 Å². The Morgan fingerprint density at radius 3 is 2.68 bits per heavy atom. The van der Waals surface area contributed by atoms with Crippen molar-refractivity contribution in [2.24, 2.45) is 0 Å². The van der Waals surface area contributed by atoms with E-state index in [4.69, 9.17) is 14.3 Å². The van der Waals surface area contributed by atoms with Gasteiger partial charge < -0.3 is 19.2 Å². The van der Waals surface area contributed by atoms with Crippen molar-refractivity contribution < 1.29 is 14.3 Å². The first kappa shape index (κ1) is 14.4. The topological polar surface area (TPSA) is 68.7 Å². The Balaban J connectivity index is 1.67. The number of nitrogens with one attached hydrogen (secondary N) is 1. The van der Waals surface area contributed by atoms with Crippen LogP contribution in [0.2, 0.25) is 0 Å². The molecule has 0 bridgehead atoms. The van der Waals surface area contributed by atoms with Crippen LogP contribution in [0.15, 0.2) is 36.5 Å². The van der Waals surface area contributed by atoms with Crippen LogP contribution in [-0.2, 0) is 4.74 Å². The van der Waals surface area contributed by atoms with Crippen LogP contribution in [0.5, 0.6) is 11.5 Å². The van der Waals surface area contributed by atoms with Crippen LogP contribution in [0.1, 0.15) is 0 Å². The maximum absolute atomic E-state index is 5.55. The number of methoxy groups -OCH3 is 1. The van der Waals surface area contributed by atoms with Gasteiger partial charge in [-0.05, 0) is 12.1 Å². The third-order valence-electron chi connectivity index (χ3n) is 3.27. The van der Waals surface area contributed by atoms with E-state index in [0.717, 1.165) is 13.1 Å². The first-order chi connectivity index (χ1) is 10.9. The summed E-state index contributed by atoms with van der Waals surface area (Å²) < 4.78 is 10.6. The number of benzene rings is 1. The summed E-state index contributed by atoms with van der Waals surface area (Å²) in [6.07, 6.45) is 1.70. The number of nitrogens with zero attached hydrogens (tertiary/aromatic N) is 3. The van der Waals surface area contributed by atoms with E-state index < -0.39 is 0 Å². The number of hydrogen-bond donors (Lipinski definition) is 1. The fourth-order valence-corrected chi connectivity index (χ4v) is 2.13. The summed E-state index contributed by atoms with van der Waals surface area (Å²) in [5, 5.41) is 0. The van der Waals surface area contributed by atoms with Gasteiger partial charge in [0.1, 0.15) is 0 Å². The molecule has 116 valence electrons. The normalized spacial score (nSPS) is 14.5. The predicted molar refractivity (Wildman–Crippen MR) is 82.3 cm³/mol. The van der Waals surface area contributed by atoms with Crippen LogP contribution in [0.25, 0.3) is 0 Å². The molecule has 7 heteroatoms. The molecule has 1 fully saturated rings. The first-order valence-corrected chi connectivity index (χ1v) is 7.08. The van der Waals surface area contributed by atoms with Gasteiger partial charge in [0.25, 0.3) is 0 Å². The van der Waals surface area contributed by atoms with Crippen LogP contribution in [0.3, 0.4) is 0 Å². The highest BCUT2D eigenvalue weighted by molar-refractivity contribution is 5.43. The van der Waals surface area contributed by atoms with Crippen molar-refractivity contribution in [1.82, 2.24) is 9.97 Å². The average Bonchev–Trinajstić information content (AvgIpc) is 2.61. The smallest absolute Gasteiger partial charge is 0.227 e. The van der Waals surface area contributed by atoms with Crippen molar-refractivity contribution in [2.75, 3.05) is 43.8 Å². The molecule has 0 aliphatic carbocycles. The summed E-state index contributed by atoms with van der Waals surface area (Å²) in [6, 6.07) is 9.15. The summed E-state index contributed by atoms with van der Waals surface area (Å²) in [6.45, 7) is 2.96. The molecule has 1 aromatic heterocycles. The molecular weight excluding hydrogens is 284 g/mol. The molecule has 1 N–H and O–H groups in total. The quantitative estimate of drug-likeness (QED) is 0.843. The van der Waals surface area contributed by atoms with Gasteiger partial charge >= 0.3 is 0 Å². The molecule has 0 radical (unpaired) electrons. The Kier molecular flexibility index (Phi) is 4.55. The van der Waals surface area contributed by atoms with Crippen molar-refractivity contribution in [3.05, 3.63) is 36.5 Å². The molecule has 0 amide bonds. The van der Waals surface area contributed by atoms with Gasteiger partial charge in [-0.1, -0.05) is 12.1 Å². The lowest BCUT2D eigenvalue weighted by Crippen LogP contribution is -2.37. The zero-order valence-electron chi connectivity index (χ0n) is 12.4.